The van der Waals surface area contributed by atoms with Gasteiger partial charge in [0.2, 0.25) is 5.95 Å². The predicted octanol–water partition coefficient (Wildman–Crippen LogP) is 2.97. The van der Waals surface area contributed by atoms with E-state index in [1.165, 1.54) is 6.20 Å². The first-order chi connectivity index (χ1) is 8.41. The second-order valence-electron chi connectivity index (χ2n) is 3.50. The molecule has 2 aromatic heterocycles. The van der Waals surface area contributed by atoms with Gasteiger partial charge in [-0.15, -0.1) is 11.3 Å². The number of nitrogens with one attached hydrogen (secondary N) is 1. The van der Waals surface area contributed by atoms with Gasteiger partial charge in [-0.25, -0.2) is 15.0 Å². The van der Waals surface area contributed by atoms with Crippen LogP contribution in [0, 0.1) is 6.92 Å². The second-order valence-corrected chi connectivity index (χ2v) is 4.53. The van der Waals surface area contributed by atoms with Gasteiger partial charge in [-0.1, -0.05) is 0 Å². The number of aromatic nitrogens is 3. The zero-order valence-corrected chi connectivity index (χ0v) is 10.4. The highest BCUT2D eigenvalue weighted by Crippen LogP contribution is 2.36. The Bertz CT molecular complexity index is 564. The predicted molar refractivity (Wildman–Crippen MR) is 62.4 cm³/mol. The molecule has 0 radical (unpaired) electrons. The largest absolute Gasteiger partial charge is 0.443 e. The topological polar surface area (TPSA) is 50.7 Å². The van der Waals surface area contributed by atoms with E-state index in [2.05, 4.69) is 20.3 Å². The van der Waals surface area contributed by atoms with E-state index in [0.29, 0.717) is 33.4 Å². The third kappa shape index (κ3) is 2.42. The number of hydrogen-bond donors (Lipinski definition) is 1. The summed E-state index contributed by atoms with van der Waals surface area (Å²) in [6.07, 6.45) is -1.68. The van der Waals surface area contributed by atoms with Crippen molar-refractivity contribution in [2.24, 2.45) is 0 Å². The molecule has 2 rings (SSSR count). The molecule has 0 unspecified atom stereocenters. The van der Waals surface area contributed by atoms with Crippen LogP contribution in [0.3, 0.4) is 0 Å². The molecule has 96 valence electrons. The number of halogens is 3. The van der Waals surface area contributed by atoms with Crippen LogP contribution < -0.4 is 5.32 Å². The van der Waals surface area contributed by atoms with Crippen molar-refractivity contribution in [3.8, 4) is 10.6 Å². The first-order valence-corrected chi connectivity index (χ1v) is 5.78. The molecule has 1 N–H and O–H groups in total. The Hall–Kier alpha value is -1.70. The summed E-state index contributed by atoms with van der Waals surface area (Å²) in [5, 5.41) is 1.87. The number of nitrogens with zero attached hydrogens (tertiary/aromatic N) is 3. The third-order valence-corrected chi connectivity index (χ3v) is 3.23. The molecule has 0 amide bonds. The van der Waals surface area contributed by atoms with Crippen molar-refractivity contribution >= 4 is 17.3 Å². The van der Waals surface area contributed by atoms with E-state index in [0.717, 1.165) is 0 Å². The van der Waals surface area contributed by atoms with E-state index < -0.39 is 11.2 Å². The molecule has 0 bridgehead atoms. The average Bonchev–Trinajstić information content (AvgIpc) is 2.78. The molecule has 4 nitrogen and oxygen atoms in total. The third-order valence-electron chi connectivity index (χ3n) is 2.18. The van der Waals surface area contributed by atoms with Crippen LogP contribution >= 0.6 is 11.3 Å². The lowest BCUT2D eigenvalue weighted by Crippen LogP contribution is -2.02. The molecular weight excluding hydrogens is 265 g/mol. The quantitative estimate of drug-likeness (QED) is 0.914. The number of aryl methyl sites for hydroxylation is 1. The number of thiazole rings is 1. The highest BCUT2D eigenvalue weighted by Gasteiger charge is 2.34. The van der Waals surface area contributed by atoms with Crippen LogP contribution in [0.15, 0.2) is 12.4 Å². The van der Waals surface area contributed by atoms with Crippen molar-refractivity contribution < 1.29 is 13.2 Å². The highest BCUT2D eigenvalue weighted by molar-refractivity contribution is 7.15. The van der Waals surface area contributed by atoms with Gasteiger partial charge in [-0.2, -0.15) is 13.2 Å². The summed E-state index contributed by atoms with van der Waals surface area (Å²) in [6, 6.07) is 0. The van der Waals surface area contributed by atoms with Crippen molar-refractivity contribution in [3.05, 3.63) is 23.0 Å². The highest BCUT2D eigenvalue weighted by atomic mass is 32.1. The molecule has 2 heterocycles. The maximum Gasteiger partial charge on any atom is 0.443 e. The van der Waals surface area contributed by atoms with Gasteiger partial charge in [0.25, 0.3) is 0 Å². The number of anilines is 1. The van der Waals surface area contributed by atoms with Crippen molar-refractivity contribution in [3.63, 3.8) is 0 Å². The van der Waals surface area contributed by atoms with Gasteiger partial charge in [0, 0.05) is 19.4 Å². The smallest absolute Gasteiger partial charge is 0.357 e. The van der Waals surface area contributed by atoms with E-state index in [1.807, 2.05) is 0 Å². The molecular formula is C10H9F3N4S. The molecule has 2 aromatic rings. The second kappa shape index (κ2) is 4.52. The fraction of sp³-hybridized carbons (Fsp3) is 0.300. The fourth-order valence-corrected chi connectivity index (χ4v) is 2.16. The summed E-state index contributed by atoms with van der Waals surface area (Å²) >= 11 is 0.572. The molecule has 0 aromatic carbocycles. The molecule has 0 saturated carbocycles. The lowest BCUT2D eigenvalue weighted by atomic mass is 10.2. The standard InChI is InChI=1S/C10H9F3N4S/c1-5-3-16-9(14-2)17-7(5)6-4-15-8(18-6)10(11,12)13/h3-4H,1-2H3,(H,14,16,17). The van der Waals surface area contributed by atoms with Crippen molar-refractivity contribution in [1.82, 2.24) is 15.0 Å². The molecule has 18 heavy (non-hydrogen) atoms. The van der Waals surface area contributed by atoms with Crippen molar-refractivity contribution in [2.45, 2.75) is 13.1 Å². The number of rotatable bonds is 2. The lowest BCUT2D eigenvalue weighted by molar-refractivity contribution is -0.137. The molecule has 0 atom stereocenters. The molecule has 0 spiro atoms. The van der Waals surface area contributed by atoms with E-state index in [-0.39, 0.29) is 0 Å². The van der Waals surface area contributed by atoms with Crippen LogP contribution in [-0.2, 0) is 6.18 Å². The maximum atomic E-state index is 12.5. The first-order valence-electron chi connectivity index (χ1n) is 4.96. The Kier molecular flexibility index (Phi) is 3.20. The van der Waals surface area contributed by atoms with Gasteiger partial charge < -0.3 is 5.32 Å². The van der Waals surface area contributed by atoms with Crippen LogP contribution in [-0.4, -0.2) is 22.0 Å². The van der Waals surface area contributed by atoms with Crippen molar-refractivity contribution in [2.75, 3.05) is 12.4 Å². The van der Waals surface area contributed by atoms with E-state index in [4.69, 9.17) is 0 Å². The summed E-state index contributed by atoms with van der Waals surface area (Å²) in [5.74, 6) is 0.359. The SMILES string of the molecule is CNc1ncc(C)c(-c2cnc(C(F)(F)F)s2)n1. The molecule has 0 fully saturated rings. The van der Waals surface area contributed by atoms with Crippen LogP contribution in [0.5, 0.6) is 0 Å². The molecule has 8 heteroatoms. The van der Waals surface area contributed by atoms with Crippen molar-refractivity contribution in [1.29, 1.82) is 0 Å². The van der Waals surface area contributed by atoms with Gasteiger partial charge in [-0.05, 0) is 12.5 Å². The Balaban J connectivity index is 2.45. The molecule has 0 saturated heterocycles. The van der Waals surface area contributed by atoms with Gasteiger partial charge in [0.05, 0.1) is 10.6 Å². The van der Waals surface area contributed by atoms with Gasteiger partial charge in [0.15, 0.2) is 5.01 Å². The summed E-state index contributed by atoms with van der Waals surface area (Å²) in [4.78, 5) is 11.9. The van der Waals surface area contributed by atoms with Crippen LogP contribution in [0.1, 0.15) is 10.6 Å². The first kappa shape index (κ1) is 12.7. The average molecular weight is 274 g/mol. The van der Waals surface area contributed by atoms with Gasteiger partial charge in [-0.3, -0.25) is 0 Å². The normalized spacial score (nSPS) is 11.6. The summed E-state index contributed by atoms with van der Waals surface area (Å²) in [5.41, 5.74) is 1.16. The summed E-state index contributed by atoms with van der Waals surface area (Å²) < 4.78 is 37.4. The molecule has 0 aliphatic rings. The lowest BCUT2D eigenvalue weighted by Gasteiger charge is -2.04. The van der Waals surface area contributed by atoms with Crippen LogP contribution in [0.2, 0.25) is 0 Å². The Morgan fingerprint density at radius 2 is 1.94 bits per heavy atom. The Morgan fingerprint density at radius 3 is 2.50 bits per heavy atom. The van der Waals surface area contributed by atoms with Crippen LogP contribution in [0.25, 0.3) is 10.6 Å². The van der Waals surface area contributed by atoms with Gasteiger partial charge >= 0.3 is 6.18 Å². The zero-order valence-electron chi connectivity index (χ0n) is 9.54. The molecule has 0 aliphatic carbocycles. The van der Waals surface area contributed by atoms with Gasteiger partial charge in [0.1, 0.15) is 0 Å². The monoisotopic (exact) mass is 274 g/mol. The zero-order chi connectivity index (χ0) is 13.3. The molecule has 0 aliphatic heterocycles. The summed E-state index contributed by atoms with van der Waals surface area (Å²) in [6.45, 7) is 1.74. The van der Waals surface area contributed by atoms with Crippen LogP contribution in [0.4, 0.5) is 19.1 Å². The fourth-order valence-electron chi connectivity index (χ4n) is 1.33. The minimum Gasteiger partial charge on any atom is -0.357 e. The minimum absolute atomic E-state index is 0.359. The Labute approximate surface area is 105 Å². The Morgan fingerprint density at radius 1 is 1.22 bits per heavy atom. The van der Waals surface area contributed by atoms with E-state index >= 15 is 0 Å². The van der Waals surface area contributed by atoms with E-state index in [1.54, 1.807) is 20.2 Å². The number of alkyl halides is 3. The minimum atomic E-state index is -4.42. The summed E-state index contributed by atoms with van der Waals surface area (Å²) in [7, 11) is 1.64. The number of hydrogen-bond acceptors (Lipinski definition) is 5. The van der Waals surface area contributed by atoms with E-state index in [9.17, 15) is 13.2 Å². The maximum absolute atomic E-state index is 12.5.